The molecule has 0 radical (unpaired) electrons. The highest BCUT2D eigenvalue weighted by Crippen LogP contribution is 2.21. The number of hydrogen-bond donors (Lipinski definition) is 0. The van der Waals surface area contributed by atoms with Crippen LogP contribution < -0.4 is 0 Å². The third-order valence-electron chi connectivity index (χ3n) is 2.66. The molecule has 1 saturated heterocycles. The van der Waals surface area contributed by atoms with Gasteiger partial charge in [-0.3, -0.25) is 0 Å². The summed E-state index contributed by atoms with van der Waals surface area (Å²) >= 11 is 3.45. The van der Waals surface area contributed by atoms with Gasteiger partial charge in [-0.15, -0.1) is 0 Å². The quantitative estimate of drug-likeness (QED) is 0.733. The molecule has 1 amide bonds. The number of ether oxygens (including phenoxy) is 1. The van der Waals surface area contributed by atoms with Gasteiger partial charge < -0.3 is 9.64 Å². The molecule has 0 aromatic heterocycles. The second-order valence-corrected chi connectivity index (χ2v) is 4.40. The molecule has 4 heteroatoms. The molecule has 82 valence electrons. The van der Waals surface area contributed by atoms with Gasteiger partial charge in [-0.2, -0.15) is 0 Å². The minimum Gasteiger partial charge on any atom is -0.450 e. The molecule has 0 aromatic carbocycles. The predicted octanol–water partition coefficient (Wildman–Crippen LogP) is 2.64. The number of alkyl halides is 1. The molecule has 0 bridgehead atoms. The largest absolute Gasteiger partial charge is 0.450 e. The van der Waals surface area contributed by atoms with Crippen molar-refractivity contribution in [2.75, 3.05) is 25.0 Å². The van der Waals surface area contributed by atoms with Gasteiger partial charge in [-0.05, 0) is 32.1 Å². The molecule has 1 heterocycles. The van der Waals surface area contributed by atoms with E-state index >= 15 is 0 Å². The molecule has 1 aliphatic rings. The summed E-state index contributed by atoms with van der Waals surface area (Å²) in [5, 5.41) is 1.07. The Labute approximate surface area is 93.9 Å². The average Bonchev–Trinajstić information content (AvgIpc) is 2.20. The highest BCUT2D eigenvalue weighted by molar-refractivity contribution is 9.09. The second kappa shape index (κ2) is 6.27. The van der Waals surface area contributed by atoms with E-state index in [1.54, 1.807) is 0 Å². The van der Waals surface area contributed by atoms with Crippen molar-refractivity contribution in [3.63, 3.8) is 0 Å². The third kappa shape index (κ3) is 3.48. The van der Waals surface area contributed by atoms with Crippen LogP contribution in [0.5, 0.6) is 0 Å². The van der Waals surface area contributed by atoms with Crippen LogP contribution in [0, 0.1) is 5.92 Å². The molecule has 0 aromatic rings. The van der Waals surface area contributed by atoms with Gasteiger partial charge in [0.25, 0.3) is 0 Å². The Kier molecular flexibility index (Phi) is 5.30. The first-order chi connectivity index (χ1) is 6.77. The van der Waals surface area contributed by atoms with Crippen LogP contribution in [0.15, 0.2) is 0 Å². The molecule has 0 atom stereocenters. The van der Waals surface area contributed by atoms with Crippen LogP contribution in [-0.4, -0.2) is 36.0 Å². The topological polar surface area (TPSA) is 29.5 Å². The summed E-state index contributed by atoms with van der Waals surface area (Å²) < 4.78 is 4.95. The smallest absolute Gasteiger partial charge is 0.409 e. The van der Waals surface area contributed by atoms with Gasteiger partial charge in [0.05, 0.1) is 6.61 Å². The first kappa shape index (κ1) is 11.8. The zero-order valence-electron chi connectivity index (χ0n) is 8.67. The summed E-state index contributed by atoms with van der Waals surface area (Å²) in [6, 6.07) is 0. The molecule has 0 spiro atoms. The van der Waals surface area contributed by atoms with Crippen LogP contribution in [0.2, 0.25) is 0 Å². The van der Waals surface area contributed by atoms with Crippen molar-refractivity contribution in [2.45, 2.75) is 26.2 Å². The maximum atomic E-state index is 11.4. The number of piperidine rings is 1. The van der Waals surface area contributed by atoms with E-state index in [0.717, 1.165) is 37.2 Å². The molecule has 0 unspecified atom stereocenters. The number of halogens is 1. The molecular formula is C10H18BrNO2. The van der Waals surface area contributed by atoms with Gasteiger partial charge >= 0.3 is 6.09 Å². The van der Waals surface area contributed by atoms with E-state index in [1.165, 1.54) is 6.42 Å². The highest BCUT2D eigenvalue weighted by atomic mass is 79.9. The monoisotopic (exact) mass is 263 g/mol. The normalized spacial score (nSPS) is 18.3. The fraction of sp³-hybridized carbons (Fsp3) is 0.900. The van der Waals surface area contributed by atoms with Crippen LogP contribution in [0.4, 0.5) is 4.79 Å². The lowest BCUT2D eigenvalue weighted by Gasteiger charge is -2.30. The number of likely N-dealkylation sites (tertiary alicyclic amines) is 1. The van der Waals surface area contributed by atoms with Gasteiger partial charge in [0.1, 0.15) is 0 Å². The molecule has 3 nitrogen and oxygen atoms in total. The van der Waals surface area contributed by atoms with Crippen molar-refractivity contribution in [1.82, 2.24) is 4.90 Å². The number of carbonyl (C=O) groups excluding carboxylic acids is 1. The van der Waals surface area contributed by atoms with E-state index in [-0.39, 0.29) is 6.09 Å². The van der Waals surface area contributed by atoms with E-state index < -0.39 is 0 Å². The maximum Gasteiger partial charge on any atom is 0.409 e. The predicted molar refractivity (Wildman–Crippen MR) is 59.7 cm³/mol. The minimum absolute atomic E-state index is 0.148. The average molecular weight is 264 g/mol. The summed E-state index contributed by atoms with van der Waals surface area (Å²) in [5.74, 6) is 0.778. The molecular weight excluding hydrogens is 246 g/mol. The first-order valence-electron chi connectivity index (χ1n) is 5.25. The van der Waals surface area contributed by atoms with Crippen molar-refractivity contribution < 1.29 is 9.53 Å². The second-order valence-electron chi connectivity index (χ2n) is 3.61. The summed E-state index contributed by atoms with van der Waals surface area (Å²) in [6.45, 7) is 4.03. The lowest BCUT2D eigenvalue weighted by molar-refractivity contribution is 0.0916. The number of amides is 1. The Morgan fingerprint density at radius 3 is 2.64 bits per heavy atom. The Hall–Kier alpha value is -0.250. The van der Waals surface area contributed by atoms with Crippen molar-refractivity contribution in [1.29, 1.82) is 0 Å². The van der Waals surface area contributed by atoms with Crippen molar-refractivity contribution in [2.24, 2.45) is 5.92 Å². The van der Waals surface area contributed by atoms with E-state index in [1.807, 2.05) is 11.8 Å². The third-order valence-corrected chi connectivity index (χ3v) is 3.12. The molecule has 0 N–H and O–H groups in total. The van der Waals surface area contributed by atoms with E-state index in [4.69, 9.17) is 4.74 Å². The maximum absolute atomic E-state index is 11.4. The Balaban J connectivity index is 2.24. The lowest BCUT2D eigenvalue weighted by Crippen LogP contribution is -2.38. The van der Waals surface area contributed by atoms with Crippen LogP contribution in [0.1, 0.15) is 26.2 Å². The van der Waals surface area contributed by atoms with Gasteiger partial charge in [0, 0.05) is 18.4 Å². The van der Waals surface area contributed by atoms with Gasteiger partial charge in [0.2, 0.25) is 0 Å². The Bertz CT molecular complexity index is 179. The summed E-state index contributed by atoms with van der Waals surface area (Å²) in [7, 11) is 0. The number of hydrogen-bond acceptors (Lipinski definition) is 2. The van der Waals surface area contributed by atoms with Crippen LogP contribution in [0.3, 0.4) is 0 Å². The number of carbonyl (C=O) groups is 1. The Morgan fingerprint density at radius 1 is 1.50 bits per heavy atom. The molecule has 1 rings (SSSR count). The number of rotatable bonds is 3. The van der Waals surface area contributed by atoms with Gasteiger partial charge in [-0.1, -0.05) is 15.9 Å². The van der Waals surface area contributed by atoms with Crippen LogP contribution in [0.25, 0.3) is 0 Å². The standard InChI is InChI=1S/C10H18BrNO2/c1-2-14-10(13)12-7-4-9(3-6-11)5-8-12/h9H,2-8H2,1H3. The first-order valence-corrected chi connectivity index (χ1v) is 6.37. The van der Waals surface area contributed by atoms with Crippen LogP contribution in [-0.2, 0) is 4.74 Å². The van der Waals surface area contributed by atoms with Gasteiger partial charge in [-0.25, -0.2) is 4.79 Å². The molecule has 1 fully saturated rings. The highest BCUT2D eigenvalue weighted by Gasteiger charge is 2.22. The van der Waals surface area contributed by atoms with Crippen molar-refractivity contribution in [3.05, 3.63) is 0 Å². The molecule has 0 saturated carbocycles. The van der Waals surface area contributed by atoms with Gasteiger partial charge in [0.15, 0.2) is 0 Å². The molecule has 1 aliphatic heterocycles. The SMILES string of the molecule is CCOC(=O)N1CCC(CCBr)CC1. The summed E-state index contributed by atoms with van der Waals surface area (Å²) in [4.78, 5) is 13.2. The fourth-order valence-corrected chi connectivity index (χ4v) is 2.42. The molecule has 14 heavy (non-hydrogen) atoms. The zero-order valence-corrected chi connectivity index (χ0v) is 10.3. The zero-order chi connectivity index (χ0) is 10.4. The fourth-order valence-electron chi connectivity index (χ4n) is 1.77. The minimum atomic E-state index is -0.148. The number of nitrogens with zero attached hydrogens (tertiary/aromatic N) is 1. The molecule has 0 aliphatic carbocycles. The van der Waals surface area contributed by atoms with E-state index in [9.17, 15) is 4.79 Å². The summed E-state index contributed by atoms with van der Waals surface area (Å²) in [6.07, 6.45) is 3.30. The van der Waals surface area contributed by atoms with E-state index in [0.29, 0.717) is 6.61 Å². The lowest BCUT2D eigenvalue weighted by atomic mass is 9.95. The summed E-state index contributed by atoms with van der Waals surface area (Å²) in [5.41, 5.74) is 0. The van der Waals surface area contributed by atoms with Crippen molar-refractivity contribution in [3.8, 4) is 0 Å². The Morgan fingerprint density at radius 2 is 2.14 bits per heavy atom. The van der Waals surface area contributed by atoms with E-state index in [2.05, 4.69) is 15.9 Å². The van der Waals surface area contributed by atoms with Crippen LogP contribution >= 0.6 is 15.9 Å². The van der Waals surface area contributed by atoms with Crippen molar-refractivity contribution >= 4 is 22.0 Å².